The van der Waals surface area contributed by atoms with E-state index >= 15 is 0 Å². The third kappa shape index (κ3) is 5.58. The van der Waals surface area contributed by atoms with Gasteiger partial charge in [-0.3, -0.25) is 14.5 Å². The van der Waals surface area contributed by atoms with Crippen molar-refractivity contribution in [3.8, 4) is 0 Å². The maximum atomic E-state index is 13.2. The van der Waals surface area contributed by atoms with E-state index in [0.717, 1.165) is 45.2 Å². The van der Waals surface area contributed by atoms with Gasteiger partial charge in [-0.25, -0.2) is 0 Å². The predicted octanol–water partition coefficient (Wildman–Crippen LogP) is 4.29. The second-order valence-corrected chi connectivity index (χ2v) is 12.1. The van der Waals surface area contributed by atoms with E-state index < -0.39 is 0 Å². The van der Waals surface area contributed by atoms with Crippen molar-refractivity contribution in [3.05, 3.63) is 55.5 Å². The van der Waals surface area contributed by atoms with Crippen molar-refractivity contribution in [2.75, 3.05) is 45.9 Å². The van der Waals surface area contributed by atoms with Gasteiger partial charge in [0.1, 0.15) is 5.03 Å². The van der Waals surface area contributed by atoms with E-state index in [1.54, 1.807) is 27.8 Å². The number of likely N-dealkylation sites (tertiary alicyclic amines) is 1. The molecule has 1 unspecified atom stereocenters. The van der Waals surface area contributed by atoms with Crippen LogP contribution in [0.25, 0.3) is 0 Å². The van der Waals surface area contributed by atoms with E-state index in [-0.39, 0.29) is 17.7 Å². The average Bonchev–Trinajstić information content (AvgIpc) is 3.65. The number of carbonyl (C=O) groups is 2. The molecule has 11 heteroatoms. The van der Waals surface area contributed by atoms with Crippen LogP contribution >= 0.6 is 46.0 Å². The minimum atomic E-state index is -0.106. The summed E-state index contributed by atoms with van der Waals surface area (Å²) in [6, 6.07) is 9.67. The molecule has 2 saturated heterocycles. The monoisotopic (exact) mass is 536 g/mol. The normalized spacial score (nSPS) is 19.1. The maximum absolute atomic E-state index is 13.2. The minimum Gasteiger partial charge on any atom is -0.378 e. The van der Waals surface area contributed by atoms with Gasteiger partial charge in [-0.05, 0) is 42.6 Å². The highest BCUT2D eigenvalue weighted by atomic mass is 35.5. The number of nitrogens with zero attached hydrogens (tertiary/aromatic N) is 4. The van der Waals surface area contributed by atoms with Gasteiger partial charge in [0.05, 0.1) is 34.7 Å². The molecule has 5 rings (SSSR count). The molecule has 3 aromatic heterocycles. The number of thioether (sulfide) groups is 1. The lowest BCUT2D eigenvalue weighted by Crippen LogP contribution is -2.45. The van der Waals surface area contributed by atoms with Gasteiger partial charge in [0.25, 0.3) is 5.91 Å². The van der Waals surface area contributed by atoms with Crippen molar-refractivity contribution in [2.24, 2.45) is 0 Å². The highest BCUT2D eigenvalue weighted by Crippen LogP contribution is 2.33. The lowest BCUT2D eigenvalue weighted by molar-refractivity contribution is -0.136. The molecule has 0 saturated carbocycles. The van der Waals surface area contributed by atoms with E-state index in [1.165, 1.54) is 11.3 Å². The van der Waals surface area contributed by atoms with Crippen LogP contribution < -0.4 is 0 Å². The predicted molar refractivity (Wildman–Crippen MR) is 136 cm³/mol. The van der Waals surface area contributed by atoms with Crippen LogP contribution in [0.5, 0.6) is 0 Å². The Kier molecular flexibility index (Phi) is 7.72. The van der Waals surface area contributed by atoms with Crippen molar-refractivity contribution in [1.82, 2.24) is 19.6 Å². The van der Waals surface area contributed by atoms with Crippen LogP contribution in [0.4, 0.5) is 0 Å². The topological polar surface area (TPSA) is 67.7 Å². The summed E-state index contributed by atoms with van der Waals surface area (Å²) in [5.41, 5.74) is 0.915. The fourth-order valence-electron chi connectivity index (χ4n) is 4.23. The number of hydrogen-bond donors (Lipinski definition) is 0. The summed E-state index contributed by atoms with van der Waals surface area (Å²) in [5, 5.41) is 7.50. The summed E-state index contributed by atoms with van der Waals surface area (Å²) in [7, 11) is 0. The van der Waals surface area contributed by atoms with Gasteiger partial charge in [0.15, 0.2) is 0 Å². The molecule has 0 aliphatic carbocycles. The van der Waals surface area contributed by atoms with Crippen LogP contribution in [0, 0.1) is 0 Å². The largest absolute Gasteiger partial charge is 0.378 e. The molecule has 2 aliphatic heterocycles. The molecule has 0 aromatic carbocycles. The number of ether oxygens (including phenoxy) is 1. The summed E-state index contributed by atoms with van der Waals surface area (Å²) in [6.45, 7) is 4.60. The maximum Gasteiger partial charge on any atom is 0.289 e. The van der Waals surface area contributed by atoms with Gasteiger partial charge in [-0.1, -0.05) is 17.7 Å². The second-order valence-electron chi connectivity index (χ2n) is 8.31. The Morgan fingerprint density at radius 2 is 2.06 bits per heavy atom. The van der Waals surface area contributed by atoms with Crippen molar-refractivity contribution in [2.45, 2.75) is 23.1 Å². The van der Waals surface area contributed by atoms with Gasteiger partial charge in [0, 0.05) is 36.2 Å². The summed E-state index contributed by atoms with van der Waals surface area (Å²) in [4.78, 5) is 31.7. The second kappa shape index (κ2) is 10.9. The third-order valence-corrected chi connectivity index (χ3v) is 9.34. The molecule has 180 valence electrons. The number of rotatable bonds is 7. The van der Waals surface area contributed by atoms with Crippen LogP contribution in [0.1, 0.15) is 32.6 Å². The van der Waals surface area contributed by atoms with Gasteiger partial charge < -0.3 is 9.64 Å². The zero-order chi connectivity index (χ0) is 23.5. The quantitative estimate of drug-likeness (QED) is 0.420. The molecule has 0 radical (unpaired) electrons. The molecule has 2 aliphatic rings. The molecule has 3 aromatic rings. The summed E-state index contributed by atoms with van der Waals surface area (Å²) < 4.78 is 7.66. The van der Waals surface area contributed by atoms with E-state index in [0.29, 0.717) is 37.7 Å². The fraction of sp³-hybridized carbons (Fsp3) is 0.435. The first kappa shape index (κ1) is 24.0. The van der Waals surface area contributed by atoms with Crippen molar-refractivity contribution in [3.63, 3.8) is 0 Å². The lowest BCUT2D eigenvalue weighted by atomic mass is 10.1. The number of thiophene rings is 2. The van der Waals surface area contributed by atoms with E-state index in [4.69, 9.17) is 21.4 Å². The first-order valence-corrected chi connectivity index (χ1v) is 14.3. The van der Waals surface area contributed by atoms with E-state index in [2.05, 4.69) is 4.90 Å². The fourth-order valence-corrected chi connectivity index (χ4v) is 7.01. The van der Waals surface area contributed by atoms with Crippen LogP contribution in [-0.2, 0) is 15.3 Å². The molecular weight excluding hydrogens is 512 g/mol. The Bertz CT molecular complexity index is 1140. The molecule has 7 nitrogen and oxygen atoms in total. The Balaban J connectivity index is 1.29. The zero-order valence-electron chi connectivity index (χ0n) is 18.5. The average molecular weight is 537 g/mol. The molecule has 0 spiro atoms. The molecule has 5 heterocycles. The first-order chi connectivity index (χ1) is 16.6. The smallest absolute Gasteiger partial charge is 0.289 e. The van der Waals surface area contributed by atoms with Crippen LogP contribution in [0.3, 0.4) is 0 Å². The Labute approximate surface area is 215 Å². The van der Waals surface area contributed by atoms with Gasteiger partial charge in [-0.15, -0.1) is 34.4 Å². The standard InChI is InChI=1S/C23H25ClN4O3S3/c24-20-4-3-17(34-20)15-33-22-12-18(25-28(22)23(30)19-2-1-11-32-19)16-5-6-26(13-16)14-21(29)27-7-9-31-10-8-27/h1-4,11-12,16H,5-10,13-15H2. The Morgan fingerprint density at radius 1 is 1.21 bits per heavy atom. The SMILES string of the molecule is O=C(CN1CCC(c2cc(SCc3ccc(Cl)s3)n(C(=O)c3cccs3)n2)C1)N1CCOCC1. The molecule has 1 amide bonds. The Hall–Kier alpha value is -1.69. The number of morpholine rings is 1. The Morgan fingerprint density at radius 3 is 2.79 bits per heavy atom. The number of amides is 1. The lowest BCUT2D eigenvalue weighted by Gasteiger charge is -2.28. The number of aromatic nitrogens is 2. The van der Waals surface area contributed by atoms with Crippen LogP contribution in [-0.4, -0.2) is 77.3 Å². The zero-order valence-corrected chi connectivity index (χ0v) is 21.7. The summed E-state index contributed by atoms with van der Waals surface area (Å²) in [6.07, 6.45) is 0.922. The van der Waals surface area contributed by atoms with E-state index in [1.807, 2.05) is 40.6 Å². The number of halogens is 1. The van der Waals surface area contributed by atoms with Crippen LogP contribution in [0.15, 0.2) is 40.7 Å². The molecule has 0 bridgehead atoms. The number of hydrogen-bond acceptors (Lipinski definition) is 8. The number of carbonyl (C=O) groups excluding carboxylic acids is 2. The molecule has 34 heavy (non-hydrogen) atoms. The molecule has 0 N–H and O–H groups in total. The first-order valence-electron chi connectivity index (χ1n) is 11.2. The summed E-state index contributed by atoms with van der Waals surface area (Å²) >= 11 is 10.7. The van der Waals surface area contributed by atoms with Crippen molar-refractivity contribution >= 4 is 57.9 Å². The highest BCUT2D eigenvalue weighted by Gasteiger charge is 2.30. The van der Waals surface area contributed by atoms with Gasteiger partial charge in [0.2, 0.25) is 5.91 Å². The van der Waals surface area contributed by atoms with Gasteiger partial charge in [-0.2, -0.15) is 9.78 Å². The molecule has 2 fully saturated rings. The highest BCUT2D eigenvalue weighted by molar-refractivity contribution is 7.98. The van der Waals surface area contributed by atoms with Crippen molar-refractivity contribution < 1.29 is 14.3 Å². The minimum absolute atomic E-state index is 0.106. The van der Waals surface area contributed by atoms with E-state index in [9.17, 15) is 9.59 Å². The van der Waals surface area contributed by atoms with Gasteiger partial charge >= 0.3 is 0 Å². The molecular formula is C23H25ClN4O3S3. The summed E-state index contributed by atoms with van der Waals surface area (Å²) in [5.74, 6) is 0.981. The molecule has 1 atom stereocenters. The third-order valence-electron chi connectivity index (χ3n) is 6.02. The van der Waals surface area contributed by atoms with Crippen LogP contribution in [0.2, 0.25) is 4.34 Å². The van der Waals surface area contributed by atoms with Crippen molar-refractivity contribution in [1.29, 1.82) is 0 Å².